The van der Waals surface area contributed by atoms with Gasteiger partial charge >= 0.3 is 0 Å². The van der Waals surface area contributed by atoms with Gasteiger partial charge in [-0.3, -0.25) is 0 Å². The predicted octanol–water partition coefficient (Wildman–Crippen LogP) is 3.03. The zero-order valence-electron chi connectivity index (χ0n) is 9.76. The van der Waals surface area contributed by atoms with Crippen LogP contribution in [0.4, 0.5) is 0 Å². The molecule has 0 aliphatic rings. The average Bonchev–Trinajstić information content (AvgIpc) is 2.41. The Kier molecular flexibility index (Phi) is 4.02. The molecule has 18 heavy (non-hydrogen) atoms. The van der Waals surface area contributed by atoms with E-state index in [-0.39, 0.29) is 12.5 Å². The first kappa shape index (κ1) is 12.7. The largest absolute Gasteiger partial charge is 0.493 e. The van der Waals surface area contributed by atoms with Gasteiger partial charge in [0.1, 0.15) is 5.02 Å². The van der Waals surface area contributed by atoms with Crippen LogP contribution in [0, 0.1) is 0 Å². The molecule has 1 N–H and O–H groups in total. The Labute approximate surface area is 110 Å². The third kappa shape index (κ3) is 2.72. The van der Waals surface area contributed by atoms with E-state index in [0.717, 1.165) is 0 Å². The molecule has 0 radical (unpaired) electrons. The molecule has 94 valence electrons. The third-order valence-electron chi connectivity index (χ3n) is 2.32. The van der Waals surface area contributed by atoms with Gasteiger partial charge in [-0.2, -0.15) is 0 Å². The van der Waals surface area contributed by atoms with E-state index in [1.54, 1.807) is 25.3 Å². The number of aliphatic hydroxyl groups excluding tert-OH is 1. The summed E-state index contributed by atoms with van der Waals surface area (Å²) in [6.45, 7) is -0.109. The molecule has 1 heterocycles. The monoisotopic (exact) mass is 265 g/mol. The fourth-order valence-corrected chi connectivity index (χ4v) is 1.66. The van der Waals surface area contributed by atoms with Crippen LogP contribution in [-0.2, 0) is 6.61 Å². The molecule has 0 unspecified atom stereocenters. The maximum Gasteiger partial charge on any atom is 0.238 e. The topological polar surface area (TPSA) is 51.6 Å². The Morgan fingerprint density at radius 1 is 1.28 bits per heavy atom. The number of para-hydroxylation sites is 2. The summed E-state index contributed by atoms with van der Waals surface area (Å²) in [6, 6.07) is 8.82. The van der Waals surface area contributed by atoms with Crippen LogP contribution in [0.3, 0.4) is 0 Å². The standard InChI is InChI=1S/C13H12ClNO3/c1-17-11-4-2-3-5-12(11)18-13-10(14)6-9(8-16)7-15-13/h2-7,16H,8H2,1H3. The number of aliphatic hydroxyl groups is 1. The zero-order chi connectivity index (χ0) is 13.0. The highest BCUT2D eigenvalue weighted by Crippen LogP contribution is 2.33. The van der Waals surface area contributed by atoms with Crippen LogP contribution in [0.5, 0.6) is 17.4 Å². The lowest BCUT2D eigenvalue weighted by Crippen LogP contribution is -1.94. The van der Waals surface area contributed by atoms with Crippen molar-refractivity contribution < 1.29 is 14.6 Å². The highest BCUT2D eigenvalue weighted by atomic mass is 35.5. The Hall–Kier alpha value is -1.78. The number of hydrogen-bond donors (Lipinski definition) is 1. The van der Waals surface area contributed by atoms with E-state index in [9.17, 15) is 0 Å². The van der Waals surface area contributed by atoms with Crippen LogP contribution < -0.4 is 9.47 Å². The lowest BCUT2D eigenvalue weighted by molar-refractivity contribution is 0.281. The van der Waals surface area contributed by atoms with Crippen LogP contribution in [0.2, 0.25) is 5.02 Å². The number of aromatic nitrogens is 1. The minimum Gasteiger partial charge on any atom is -0.493 e. The van der Waals surface area contributed by atoms with Gasteiger partial charge in [-0.25, -0.2) is 4.98 Å². The summed E-state index contributed by atoms with van der Waals surface area (Å²) in [6.07, 6.45) is 1.51. The van der Waals surface area contributed by atoms with Gasteiger partial charge < -0.3 is 14.6 Å². The summed E-state index contributed by atoms with van der Waals surface area (Å²) < 4.78 is 10.7. The van der Waals surface area contributed by atoms with Crippen molar-refractivity contribution in [3.8, 4) is 17.4 Å². The number of methoxy groups -OCH3 is 1. The van der Waals surface area contributed by atoms with E-state index >= 15 is 0 Å². The van der Waals surface area contributed by atoms with Crippen molar-refractivity contribution in [1.82, 2.24) is 4.98 Å². The van der Waals surface area contributed by atoms with Gasteiger partial charge in [-0.05, 0) is 23.8 Å². The maximum absolute atomic E-state index is 8.97. The molecule has 2 rings (SSSR count). The average molecular weight is 266 g/mol. The number of nitrogens with zero attached hydrogens (tertiary/aromatic N) is 1. The van der Waals surface area contributed by atoms with Crippen molar-refractivity contribution in [2.75, 3.05) is 7.11 Å². The Morgan fingerprint density at radius 2 is 2.00 bits per heavy atom. The van der Waals surface area contributed by atoms with Gasteiger partial charge in [-0.15, -0.1) is 0 Å². The first-order valence-corrected chi connectivity index (χ1v) is 5.68. The normalized spacial score (nSPS) is 10.2. The van der Waals surface area contributed by atoms with Gasteiger partial charge in [0.25, 0.3) is 0 Å². The first-order valence-electron chi connectivity index (χ1n) is 5.30. The van der Waals surface area contributed by atoms with Crippen molar-refractivity contribution in [1.29, 1.82) is 0 Å². The van der Waals surface area contributed by atoms with E-state index in [1.165, 1.54) is 6.20 Å². The highest BCUT2D eigenvalue weighted by molar-refractivity contribution is 6.31. The number of pyridine rings is 1. The summed E-state index contributed by atoms with van der Waals surface area (Å²) in [4.78, 5) is 4.05. The molecule has 0 saturated heterocycles. The summed E-state index contributed by atoms with van der Waals surface area (Å²) in [5.41, 5.74) is 0.632. The molecule has 1 aromatic carbocycles. The van der Waals surface area contributed by atoms with E-state index < -0.39 is 0 Å². The van der Waals surface area contributed by atoms with Crippen LogP contribution in [-0.4, -0.2) is 17.2 Å². The van der Waals surface area contributed by atoms with Gasteiger partial charge in [-0.1, -0.05) is 23.7 Å². The van der Waals surface area contributed by atoms with Gasteiger partial charge in [0.15, 0.2) is 11.5 Å². The van der Waals surface area contributed by atoms with E-state index in [4.69, 9.17) is 26.2 Å². The molecular formula is C13H12ClNO3. The summed E-state index contributed by atoms with van der Waals surface area (Å²) in [5, 5.41) is 9.31. The van der Waals surface area contributed by atoms with Crippen LogP contribution in [0.1, 0.15) is 5.56 Å². The van der Waals surface area contributed by atoms with E-state index in [1.807, 2.05) is 12.1 Å². The lowest BCUT2D eigenvalue weighted by Gasteiger charge is -2.10. The number of ether oxygens (including phenoxy) is 2. The fraction of sp³-hybridized carbons (Fsp3) is 0.154. The molecule has 0 bridgehead atoms. The second-order valence-electron chi connectivity index (χ2n) is 3.54. The molecule has 0 aliphatic heterocycles. The molecule has 4 nitrogen and oxygen atoms in total. The third-order valence-corrected chi connectivity index (χ3v) is 2.59. The number of benzene rings is 1. The molecule has 0 saturated carbocycles. The number of rotatable bonds is 4. The van der Waals surface area contributed by atoms with Gasteiger partial charge in [0, 0.05) is 6.20 Å². The number of hydrogen-bond acceptors (Lipinski definition) is 4. The minimum atomic E-state index is -0.109. The summed E-state index contributed by atoms with van der Waals surface area (Å²) in [7, 11) is 1.56. The lowest BCUT2D eigenvalue weighted by atomic mass is 10.3. The first-order chi connectivity index (χ1) is 8.74. The maximum atomic E-state index is 8.97. The predicted molar refractivity (Wildman–Crippen MR) is 68.2 cm³/mol. The highest BCUT2D eigenvalue weighted by Gasteiger charge is 2.09. The van der Waals surface area contributed by atoms with Crippen molar-refractivity contribution in [2.45, 2.75) is 6.61 Å². The van der Waals surface area contributed by atoms with Crippen LogP contribution in [0.25, 0.3) is 0 Å². The smallest absolute Gasteiger partial charge is 0.238 e. The molecule has 2 aromatic rings. The molecule has 0 atom stereocenters. The van der Waals surface area contributed by atoms with Crippen molar-refractivity contribution >= 4 is 11.6 Å². The Balaban J connectivity index is 2.28. The van der Waals surface area contributed by atoms with E-state index in [0.29, 0.717) is 22.1 Å². The number of halogens is 1. The molecule has 0 spiro atoms. The quantitative estimate of drug-likeness (QED) is 0.923. The fourth-order valence-electron chi connectivity index (χ4n) is 1.43. The molecule has 0 amide bonds. The van der Waals surface area contributed by atoms with E-state index in [2.05, 4.69) is 4.98 Å². The molecular weight excluding hydrogens is 254 g/mol. The minimum absolute atomic E-state index is 0.109. The molecule has 0 fully saturated rings. The van der Waals surface area contributed by atoms with Crippen molar-refractivity contribution in [3.63, 3.8) is 0 Å². The SMILES string of the molecule is COc1ccccc1Oc1ncc(CO)cc1Cl. The van der Waals surface area contributed by atoms with Crippen molar-refractivity contribution in [2.24, 2.45) is 0 Å². The summed E-state index contributed by atoms with van der Waals surface area (Å²) in [5.74, 6) is 1.41. The van der Waals surface area contributed by atoms with Crippen LogP contribution in [0.15, 0.2) is 36.5 Å². The zero-order valence-corrected chi connectivity index (χ0v) is 10.5. The Morgan fingerprint density at radius 3 is 2.61 bits per heavy atom. The van der Waals surface area contributed by atoms with Gasteiger partial charge in [0.2, 0.25) is 5.88 Å². The molecule has 1 aromatic heterocycles. The van der Waals surface area contributed by atoms with Crippen LogP contribution >= 0.6 is 11.6 Å². The van der Waals surface area contributed by atoms with Crippen molar-refractivity contribution in [3.05, 3.63) is 47.1 Å². The molecule has 5 heteroatoms. The second-order valence-corrected chi connectivity index (χ2v) is 3.95. The molecule has 0 aliphatic carbocycles. The summed E-state index contributed by atoms with van der Waals surface area (Å²) >= 11 is 6.01. The van der Waals surface area contributed by atoms with Gasteiger partial charge in [0.05, 0.1) is 13.7 Å². The second kappa shape index (κ2) is 5.71. The Bertz CT molecular complexity index is 546.